The molecule has 2 aromatic carbocycles. The number of pyridine rings is 1. The standard InChI is InChI=1S/C25H20ClN3O5/c1-14(19-8-3-4-9-20(19)26)33-25(32)28-22-15(2)34-29-23(22)17-7-5-6-16(12-17)21-13-18(24(30)31)10-11-27-21/h3-14H,1-2H3,(H,28,32)(H,30,31). The van der Waals surface area contributed by atoms with Crippen molar-refractivity contribution in [1.82, 2.24) is 10.1 Å². The maximum absolute atomic E-state index is 12.6. The summed E-state index contributed by atoms with van der Waals surface area (Å²) in [6.45, 7) is 3.40. The predicted molar refractivity (Wildman–Crippen MR) is 127 cm³/mol. The molecule has 0 aliphatic heterocycles. The van der Waals surface area contributed by atoms with Crippen LogP contribution >= 0.6 is 11.6 Å². The molecule has 0 aliphatic rings. The van der Waals surface area contributed by atoms with Gasteiger partial charge in [0.25, 0.3) is 0 Å². The van der Waals surface area contributed by atoms with Gasteiger partial charge in [-0.05, 0) is 38.1 Å². The number of carbonyl (C=O) groups is 2. The van der Waals surface area contributed by atoms with Crippen LogP contribution in [0.15, 0.2) is 71.4 Å². The monoisotopic (exact) mass is 477 g/mol. The zero-order chi connectivity index (χ0) is 24.2. The van der Waals surface area contributed by atoms with Gasteiger partial charge in [-0.15, -0.1) is 0 Å². The molecule has 0 saturated heterocycles. The van der Waals surface area contributed by atoms with Crippen LogP contribution in [0.25, 0.3) is 22.5 Å². The normalized spacial score (nSPS) is 11.6. The third-order valence-corrected chi connectivity index (χ3v) is 5.50. The van der Waals surface area contributed by atoms with Crippen LogP contribution in [0, 0.1) is 6.92 Å². The molecule has 0 bridgehead atoms. The fraction of sp³-hybridized carbons (Fsp3) is 0.120. The van der Waals surface area contributed by atoms with E-state index in [0.29, 0.717) is 44.5 Å². The molecule has 8 nitrogen and oxygen atoms in total. The first kappa shape index (κ1) is 23.0. The summed E-state index contributed by atoms with van der Waals surface area (Å²) in [4.78, 5) is 28.2. The second-order valence-corrected chi connectivity index (χ2v) is 7.88. The van der Waals surface area contributed by atoms with E-state index in [4.69, 9.17) is 20.9 Å². The van der Waals surface area contributed by atoms with E-state index in [9.17, 15) is 14.7 Å². The number of aromatic carboxylic acids is 1. The largest absolute Gasteiger partial charge is 0.478 e. The molecule has 0 spiro atoms. The van der Waals surface area contributed by atoms with E-state index in [1.54, 1.807) is 56.3 Å². The molecule has 172 valence electrons. The zero-order valence-corrected chi connectivity index (χ0v) is 19.0. The minimum atomic E-state index is -1.04. The van der Waals surface area contributed by atoms with Gasteiger partial charge in [0.2, 0.25) is 0 Å². The van der Waals surface area contributed by atoms with Crippen LogP contribution in [0.4, 0.5) is 10.5 Å². The molecule has 0 radical (unpaired) electrons. The number of nitrogens with zero attached hydrogens (tertiary/aromatic N) is 2. The van der Waals surface area contributed by atoms with Crippen LogP contribution < -0.4 is 5.32 Å². The number of benzene rings is 2. The highest BCUT2D eigenvalue weighted by Gasteiger charge is 2.21. The molecule has 4 rings (SSSR count). The minimum Gasteiger partial charge on any atom is -0.478 e. The SMILES string of the molecule is Cc1onc(-c2cccc(-c3cc(C(=O)O)ccn3)c2)c1NC(=O)OC(C)c1ccccc1Cl. The van der Waals surface area contributed by atoms with Gasteiger partial charge in [0.1, 0.15) is 17.5 Å². The van der Waals surface area contributed by atoms with Crippen LogP contribution in [-0.2, 0) is 4.74 Å². The lowest BCUT2D eigenvalue weighted by molar-refractivity contribution is 0.0696. The van der Waals surface area contributed by atoms with Crippen molar-refractivity contribution in [3.05, 3.63) is 88.8 Å². The van der Waals surface area contributed by atoms with Crippen molar-refractivity contribution in [2.45, 2.75) is 20.0 Å². The van der Waals surface area contributed by atoms with Crippen molar-refractivity contribution < 1.29 is 24.0 Å². The van der Waals surface area contributed by atoms with E-state index in [1.807, 2.05) is 6.07 Å². The van der Waals surface area contributed by atoms with Gasteiger partial charge in [-0.25, -0.2) is 9.59 Å². The molecule has 9 heteroatoms. The Morgan fingerprint density at radius 1 is 1.09 bits per heavy atom. The molecule has 2 heterocycles. The van der Waals surface area contributed by atoms with Gasteiger partial charge in [-0.2, -0.15) is 0 Å². The van der Waals surface area contributed by atoms with E-state index >= 15 is 0 Å². The van der Waals surface area contributed by atoms with Crippen LogP contribution in [0.1, 0.15) is 34.7 Å². The van der Waals surface area contributed by atoms with Gasteiger partial charge in [-0.1, -0.05) is 53.2 Å². The number of aromatic nitrogens is 2. The Hall–Kier alpha value is -4.17. The van der Waals surface area contributed by atoms with Gasteiger partial charge >= 0.3 is 12.1 Å². The molecule has 0 aliphatic carbocycles. The van der Waals surface area contributed by atoms with Crippen LogP contribution in [0.5, 0.6) is 0 Å². The van der Waals surface area contributed by atoms with Crippen molar-refractivity contribution in [3.8, 4) is 22.5 Å². The number of carbonyl (C=O) groups excluding carboxylic acids is 1. The molecule has 1 amide bonds. The highest BCUT2D eigenvalue weighted by atomic mass is 35.5. The number of halogens is 1. The zero-order valence-electron chi connectivity index (χ0n) is 18.3. The van der Waals surface area contributed by atoms with Crippen molar-refractivity contribution in [2.75, 3.05) is 5.32 Å². The number of amides is 1. The van der Waals surface area contributed by atoms with E-state index in [-0.39, 0.29) is 5.56 Å². The maximum Gasteiger partial charge on any atom is 0.412 e. The summed E-state index contributed by atoms with van der Waals surface area (Å²) in [6.07, 6.45) is 0.176. The van der Waals surface area contributed by atoms with Gasteiger partial charge in [-0.3, -0.25) is 10.3 Å². The number of carboxylic acids is 1. The summed E-state index contributed by atoms with van der Waals surface area (Å²) in [5.41, 5.74) is 3.39. The van der Waals surface area contributed by atoms with Crippen LogP contribution in [0.3, 0.4) is 0 Å². The Labute approximate surface area is 200 Å². The van der Waals surface area contributed by atoms with Crippen molar-refractivity contribution in [2.24, 2.45) is 0 Å². The van der Waals surface area contributed by atoms with E-state index in [1.165, 1.54) is 18.3 Å². The van der Waals surface area contributed by atoms with Gasteiger partial charge in [0.15, 0.2) is 5.76 Å². The maximum atomic E-state index is 12.6. The fourth-order valence-corrected chi connectivity index (χ4v) is 3.71. The lowest BCUT2D eigenvalue weighted by Gasteiger charge is -2.15. The second kappa shape index (κ2) is 9.76. The lowest BCUT2D eigenvalue weighted by atomic mass is 10.0. The third-order valence-electron chi connectivity index (χ3n) is 5.16. The summed E-state index contributed by atoms with van der Waals surface area (Å²) >= 11 is 6.19. The van der Waals surface area contributed by atoms with Crippen molar-refractivity contribution >= 4 is 29.4 Å². The van der Waals surface area contributed by atoms with Crippen molar-refractivity contribution in [1.29, 1.82) is 0 Å². The molecule has 0 fully saturated rings. The number of aryl methyl sites for hydroxylation is 1. The molecule has 0 saturated carbocycles. The molecule has 4 aromatic rings. The number of rotatable bonds is 6. The smallest absolute Gasteiger partial charge is 0.412 e. The lowest BCUT2D eigenvalue weighted by Crippen LogP contribution is -2.17. The highest BCUT2D eigenvalue weighted by molar-refractivity contribution is 6.31. The van der Waals surface area contributed by atoms with Crippen molar-refractivity contribution in [3.63, 3.8) is 0 Å². The van der Waals surface area contributed by atoms with Crippen LogP contribution in [-0.4, -0.2) is 27.3 Å². The Morgan fingerprint density at radius 3 is 2.62 bits per heavy atom. The molecular formula is C25H20ClN3O5. The summed E-state index contributed by atoms with van der Waals surface area (Å²) in [7, 11) is 0. The Bertz CT molecular complexity index is 1370. The Morgan fingerprint density at radius 2 is 1.85 bits per heavy atom. The molecule has 1 atom stereocenters. The summed E-state index contributed by atoms with van der Waals surface area (Å²) in [5, 5.41) is 16.6. The number of hydrogen-bond acceptors (Lipinski definition) is 6. The topological polar surface area (TPSA) is 115 Å². The number of nitrogens with one attached hydrogen (secondary N) is 1. The van der Waals surface area contributed by atoms with Gasteiger partial charge < -0.3 is 14.4 Å². The Kier molecular flexibility index (Phi) is 6.60. The molecule has 1 unspecified atom stereocenters. The van der Waals surface area contributed by atoms with Gasteiger partial charge in [0, 0.05) is 27.9 Å². The molecule has 34 heavy (non-hydrogen) atoms. The summed E-state index contributed by atoms with van der Waals surface area (Å²) in [6, 6.07) is 17.2. The number of carboxylic acid groups (broad SMARTS) is 1. The first-order valence-electron chi connectivity index (χ1n) is 10.3. The first-order valence-corrected chi connectivity index (χ1v) is 10.7. The molecule has 2 aromatic heterocycles. The molecule has 2 N–H and O–H groups in total. The number of anilines is 1. The number of ether oxygens (including phenoxy) is 1. The van der Waals surface area contributed by atoms with Gasteiger partial charge in [0.05, 0.1) is 11.3 Å². The van der Waals surface area contributed by atoms with Crippen LogP contribution in [0.2, 0.25) is 5.02 Å². The predicted octanol–water partition coefficient (Wildman–Crippen LogP) is 6.37. The Balaban J connectivity index is 1.58. The fourth-order valence-electron chi connectivity index (χ4n) is 3.42. The quantitative estimate of drug-likeness (QED) is 0.331. The summed E-state index contributed by atoms with van der Waals surface area (Å²) in [5.74, 6) is -0.642. The second-order valence-electron chi connectivity index (χ2n) is 7.47. The third kappa shape index (κ3) is 4.92. The average Bonchev–Trinajstić information content (AvgIpc) is 3.19. The van der Waals surface area contributed by atoms with E-state index in [2.05, 4.69) is 15.5 Å². The minimum absolute atomic E-state index is 0.130. The first-order chi connectivity index (χ1) is 16.3. The number of hydrogen-bond donors (Lipinski definition) is 2. The molecular weight excluding hydrogens is 458 g/mol. The van der Waals surface area contributed by atoms with E-state index in [0.717, 1.165) is 0 Å². The van der Waals surface area contributed by atoms with E-state index < -0.39 is 18.2 Å². The highest BCUT2D eigenvalue weighted by Crippen LogP contribution is 2.33. The average molecular weight is 478 g/mol. The summed E-state index contributed by atoms with van der Waals surface area (Å²) < 4.78 is 10.8.